The SMILES string of the molecule is Cc1ccc(NC(=O)C2C(=O)c3ccc(S(=O)(=O)c4ccc5c(c4)C(=O)C(C(=O)Nc4ccc(C)cc4)C5=O)cc3C2=O)cc1. The third-order valence-electron chi connectivity index (χ3n) is 7.88. The maximum atomic E-state index is 13.6. The van der Waals surface area contributed by atoms with Gasteiger partial charge in [0.25, 0.3) is 0 Å². The van der Waals surface area contributed by atoms with Crippen molar-refractivity contribution in [2.24, 2.45) is 11.8 Å². The summed E-state index contributed by atoms with van der Waals surface area (Å²) in [4.78, 5) is 77.5. The van der Waals surface area contributed by atoms with E-state index in [4.69, 9.17) is 0 Å². The van der Waals surface area contributed by atoms with Crippen molar-refractivity contribution in [1.29, 1.82) is 0 Å². The average molecular weight is 621 g/mol. The van der Waals surface area contributed by atoms with E-state index in [0.29, 0.717) is 11.4 Å². The van der Waals surface area contributed by atoms with Gasteiger partial charge in [-0.15, -0.1) is 0 Å². The molecule has 6 rings (SSSR count). The van der Waals surface area contributed by atoms with Crippen LogP contribution < -0.4 is 10.6 Å². The number of carbonyl (C=O) groups is 6. The minimum Gasteiger partial charge on any atom is -0.325 e. The highest BCUT2D eigenvalue weighted by Gasteiger charge is 2.45. The molecule has 0 radical (unpaired) electrons. The lowest BCUT2D eigenvalue weighted by atomic mass is 10.0. The van der Waals surface area contributed by atoms with Crippen molar-refractivity contribution < 1.29 is 37.2 Å². The van der Waals surface area contributed by atoms with Gasteiger partial charge in [0.1, 0.15) is 0 Å². The standard InChI is InChI=1S/C34H24N2O8S/c1-17-3-7-19(8-4-17)35-33(41)27-29(37)23-13-11-21(15-25(23)31(27)39)45(43,44)22-12-14-24-26(16-22)32(40)28(30(24)38)34(42)36-20-9-5-18(2)6-10-20/h3-16,27-28H,1-2H3,(H,35,41)(H,36,42). The normalized spacial score (nSPS) is 17.2. The number of anilines is 2. The summed E-state index contributed by atoms with van der Waals surface area (Å²) in [7, 11) is -4.37. The van der Waals surface area contributed by atoms with Gasteiger partial charge in [0.15, 0.2) is 35.0 Å². The molecule has 0 aliphatic heterocycles. The molecule has 0 bridgehead atoms. The molecule has 2 unspecified atom stereocenters. The molecule has 224 valence electrons. The molecule has 4 aromatic carbocycles. The van der Waals surface area contributed by atoms with E-state index in [-0.39, 0.29) is 32.0 Å². The van der Waals surface area contributed by atoms with E-state index >= 15 is 0 Å². The van der Waals surface area contributed by atoms with Crippen LogP contribution >= 0.6 is 0 Å². The van der Waals surface area contributed by atoms with Crippen LogP contribution in [0.2, 0.25) is 0 Å². The minimum absolute atomic E-state index is 0.0832. The Morgan fingerprint density at radius 2 is 0.844 bits per heavy atom. The van der Waals surface area contributed by atoms with Gasteiger partial charge in [0.05, 0.1) is 9.79 Å². The Kier molecular flexibility index (Phi) is 7.13. The van der Waals surface area contributed by atoms with E-state index < -0.39 is 56.6 Å². The Morgan fingerprint density at radius 3 is 1.20 bits per heavy atom. The van der Waals surface area contributed by atoms with Gasteiger partial charge in [-0.1, -0.05) is 35.4 Å². The predicted octanol–water partition coefficient (Wildman–Crippen LogP) is 4.40. The van der Waals surface area contributed by atoms with Crippen molar-refractivity contribution in [3.8, 4) is 0 Å². The van der Waals surface area contributed by atoms with Gasteiger partial charge in [-0.25, -0.2) is 8.42 Å². The van der Waals surface area contributed by atoms with Gasteiger partial charge in [0, 0.05) is 33.6 Å². The molecular formula is C34H24N2O8S. The lowest BCUT2D eigenvalue weighted by molar-refractivity contribution is -0.118. The van der Waals surface area contributed by atoms with Crippen molar-refractivity contribution in [2.75, 3.05) is 10.6 Å². The second-order valence-electron chi connectivity index (χ2n) is 11.0. The Labute approximate surface area is 257 Å². The van der Waals surface area contributed by atoms with Crippen molar-refractivity contribution in [2.45, 2.75) is 23.6 Å². The molecule has 2 aliphatic carbocycles. The maximum absolute atomic E-state index is 13.6. The molecule has 10 nitrogen and oxygen atoms in total. The number of Topliss-reactive ketones (excluding diaryl/α,β-unsaturated/α-hetero) is 4. The average Bonchev–Trinajstić information content (AvgIpc) is 3.42. The fourth-order valence-electron chi connectivity index (χ4n) is 5.39. The molecule has 2 atom stereocenters. The number of carbonyl (C=O) groups excluding carboxylic acids is 6. The molecule has 0 aromatic heterocycles. The van der Waals surface area contributed by atoms with Crippen molar-refractivity contribution in [1.82, 2.24) is 0 Å². The molecule has 0 heterocycles. The number of hydrogen-bond acceptors (Lipinski definition) is 8. The monoisotopic (exact) mass is 620 g/mol. The minimum atomic E-state index is -4.37. The molecule has 2 N–H and O–H groups in total. The summed E-state index contributed by atoms with van der Waals surface area (Å²) in [6.07, 6.45) is 0. The summed E-state index contributed by atoms with van der Waals surface area (Å²) < 4.78 is 27.3. The van der Waals surface area contributed by atoms with Crippen LogP contribution in [-0.4, -0.2) is 43.4 Å². The maximum Gasteiger partial charge on any atom is 0.243 e. The molecule has 4 aromatic rings. The Morgan fingerprint density at radius 1 is 0.511 bits per heavy atom. The van der Waals surface area contributed by atoms with Crippen LogP contribution in [0, 0.1) is 25.7 Å². The first-order valence-electron chi connectivity index (χ1n) is 13.8. The smallest absolute Gasteiger partial charge is 0.243 e. The summed E-state index contributed by atoms with van der Waals surface area (Å²) in [5, 5.41) is 5.10. The lowest BCUT2D eigenvalue weighted by Crippen LogP contribution is -2.31. The van der Waals surface area contributed by atoms with E-state index in [2.05, 4.69) is 10.6 Å². The number of hydrogen-bond donors (Lipinski definition) is 2. The van der Waals surface area contributed by atoms with E-state index in [1.54, 1.807) is 48.5 Å². The third-order valence-corrected chi connectivity index (χ3v) is 9.62. The van der Waals surface area contributed by atoms with Crippen molar-refractivity contribution in [3.63, 3.8) is 0 Å². The topological polar surface area (TPSA) is 161 Å². The van der Waals surface area contributed by atoms with Crippen LogP contribution in [-0.2, 0) is 19.4 Å². The molecule has 45 heavy (non-hydrogen) atoms. The second-order valence-corrected chi connectivity index (χ2v) is 12.9. The zero-order chi connectivity index (χ0) is 32.2. The molecule has 0 saturated carbocycles. The van der Waals surface area contributed by atoms with E-state index in [0.717, 1.165) is 35.4 Å². The molecule has 0 fully saturated rings. The van der Waals surface area contributed by atoms with Gasteiger partial charge in [-0.05, 0) is 74.5 Å². The summed E-state index contributed by atoms with van der Waals surface area (Å²) >= 11 is 0. The highest BCUT2D eigenvalue weighted by molar-refractivity contribution is 7.91. The van der Waals surface area contributed by atoms with Crippen LogP contribution in [0.1, 0.15) is 52.6 Å². The van der Waals surface area contributed by atoms with Crippen LogP contribution in [0.5, 0.6) is 0 Å². The zero-order valence-corrected chi connectivity index (χ0v) is 24.7. The number of rotatable bonds is 6. The van der Waals surface area contributed by atoms with Crippen molar-refractivity contribution in [3.05, 3.63) is 118 Å². The number of amides is 2. The van der Waals surface area contributed by atoms with E-state index in [1.807, 2.05) is 13.8 Å². The van der Waals surface area contributed by atoms with Gasteiger partial charge >= 0.3 is 0 Å². The predicted molar refractivity (Wildman–Crippen MR) is 162 cm³/mol. The summed E-state index contributed by atoms with van der Waals surface area (Å²) in [5.41, 5.74) is 2.08. The van der Waals surface area contributed by atoms with Gasteiger partial charge in [-0.2, -0.15) is 0 Å². The largest absolute Gasteiger partial charge is 0.325 e. The third kappa shape index (κ3) is 5.06. The van der Waals surface area contributed by atoms with Crippen molar-refractivity contribution >= 4 is 56.2 Å². The number of fused-ring (bicyclic) bond motifs is 2. The highest BCUT2D eigenvalue weighted by Crippen LogP contribution is 2.34. The number of sulfone groups is 1. The molecular weight excluding hydrogens is 596 g/mol. The van der Waals surface area contributed by atoms with Gasteiger partial charge in [0.2, 0.25) is 21.7 Å². The number of nitrogens with one attached hydrogen (secondary N) is 2. The van der Waals surface area contributed by atoms with Gasteiger partial charge < -0.3 is 10.6 Å². The summed E-state index contributed by atoms with van der Waals surface area (Å²) in [5.74, 6) is -8.20. The Bertz CT molecular complexity index is 1950. The van der Waals surface area contributed by atoms with E-state index in [9.17, 15) is 37.2 Å². The van der Waals surface area contributed by atoms with Crippen LogP contribution in [0.3, 0.4) is 0 Å². The molecule has 0 saturated heterocycles. The molecule has 0 spiro atoms. The van der Waals surface area contributed by atoms with Crippen LogP contribution in [0.4, 0.5) is 11.4 Å². The summed E-state index contributed by atoms with van der Waals surface area (Å²) in [6.45, 7) is 3.72. The quantitative estimate of drug-likeness (QED) is 0.300. The first-order valence-corrected chi connectivity index (χ1v) is 15.3. The lowest BCUT2D eigenvalue weighted by Gasteiger charge is -2.09. The number of aryl methyl sites for hydroxylation is 2. The van der Waals surface area contributed by atoms with Crippen LogP contribution in [0.25, 0.3) is 0 Å². The fraction of sp³-hybridized carbons (Fsp3) is 0.118. The Balaban J connectivity index is 1.25. The molecule has 2 amide bonds. The highest BCUT2D eigenvalue weighted by atomic mass is 32.2. The molecule has 11 heteroatoms. The zero-order valence-electron chi connectivity index (χ0n) is 23.9. The first kappa shape index (κ1) is 29.5. The second kappa shape index (κ2) is 10.9. The van der Waals surface area contributed by atoms with Crippen LogP contribution in [0.15, 0.2) is 94.7 Å². The van der Waals surface area contributed by atoms with E-state index in [1.165, 1.54) is 12.1 Å². The number of benzene rings is 4. The molecule has 2 aliphatic rings. The number of ketones is 4. The Hall–Kier alpha value is -5.55. The fourth-order valence-corrected chi connectivity index (χ4v) is 6.71. The summed E-state index contributed by atoms with van der Waals surface area (Å²) in [6, 6.07) is 20.2. The first-order chi connectivity index (χ1) is 21.4. The van der Waals surface area contributed by atoms with Gasteiger partial charge in [-0.3, -0.25) is 28.8 Å².